The number of hydrogen-bond donors (Lipinski definition) is 3. The summed E-state index contributed by atoms with van der Waals surface area (Å²) < 4.78 is 4.96. The van der Waals surface area contributed by atoms with Crippen molar-refractivity contribution >= 4 is 23.2 Å². The second-order valence-electron chi connectivity index (χ2n) is 6.46. The number of rotatable bonds is 9. The van der Waals surface area contributed by atoms with Gasteiger partial charge in [-0.25, -0.2) is 0 Å². The molecule has 0 aromatic heterocycles. The number of amides is 2. The molecule has 0 spiro atoms. The lowest BCUT2D eigenvalue weighted by Crippen LogP contribution is -2.25. The molecule has 0 heterocycles. The number of ether oxygens (including phenoxy) is 1. The molecular weight excluding hydrogens is 342 g/mol. The van der Waals surface area contributed by atoms with Crippen LogP contribution in [0.25, 0.3) is 0 Å². The molecule has 2 amide bonds. The molecule has 2 rings (SSSR count). The van der Waals surface area contributed by atoms with E-state index in [1.54, 1.807) is 31.4 Å². The van der Waals surface area contributed by atoms with Crippen molar-refractivity contribution in [2.24, 2.45) is 0 Å². The van der Waals surface area contributed by atoms with Gasteiger partial charge in [0.05, 0.1) is 6.54 Å². The van der Waals surface area contributed by atoms with Crippen LogP contribution in [0.5, 0.6) is 0 Å². The Bertz CT molecular complexity index is 770. The maximum Gasteiger partial charge on any atom is 0.251 e. The number of methoxy groups -OCH3 is 1. The first-order chi connectivity index (χ1) is 13.0. The number of hydrogen-bond acceptors (Lipinski definition) is 4. The highest BCUT2D eigenvalue weighted by Crippen LogP contribution is 2.14. The molecule has 0 unspecified atom stereocenters. The van der Waals surface area contributed by atoms with E-state index in [0.717, 1.165) is 23.2 Å². The first kappa shape index (κ1) is 20.5. The minimum Gasteiger partial charge on any atom is -0.385 e. The van der Waals surface area contributed by atoms with Crippen molar-refractivity contribution in [1.82, 2.24) is 5.32 Å². The molecule has 6 nitrogen and oxygen atoms in total. The van der Waals surface area contributed by atoms with Gasteiger partial charge in [0, 0.05) is 37.2 Å². The highest BCUT2D eigenvalue weighted by molar-refractivity contribution is 5.98. The summed E-state index contributed by atoms with van der Waals surface area (Å²) in [4.78, 5) is 24.3. The van der Waals surface area contributed by atoms with Gasteiger partial charge < -0.3 is 20.7 Å². The number of aryl methyl sites for hydroxylation is 2. The van der Waals surface area contributed by atoms with Crippen LogP contribution in [0.2, 0.25) is 0 Å². The van der Waals surface area contributed by atoms with E-state index in [1.807, 2.05) is 26.0 Å². The maximum atomic E-state index is 12.2. The van der Waals surface area contributed by atoms with Crippen LogP contribution >= 0.6 is 0 Å². The summed E-state index contributed by atoms with van der Waals surface area (Å²) in [6, 6.07) is 13.0. The molecule has 0 aliphatic rings. The topological polar surface area (TPSA) is 79.5 Å². The zero-order chi connectivity index (χ0) is 19.6. The molecule has 0 saturated carbocycles. The van der Waals surface area contributed by atoms with Crippen molar-refractivity contribution in [3.8, 4) is 0 Å². The summed E-state index contributed by atoms with van der Waals surface area (Å²) in [6.07, 6.45) is 0.753. The Hall–Kier alpha value is -2.86. The molecule has 0 saturated heterocycles. The fraction of sp³-hybridized carbons (Fsp3) is 0.333. The molecule has 0 aliphatic carbocycles. The summed E-state index contributed by atoms with van der Waals surface area (Å²) in [5.41, 5.74) is 4.29. The van der Waals surface area contributed by atoms with E-state index in [1.165, 1.54) is 0 Å². The molecule has 2 aromatic carbocycles. The monoisotopic (exact) mass is 369 g/mol. The summed E-state index contributed by atoms with van der Waals surface area (Å²) in [6.45, 7) is 5.33. The summed E-state index contributed by atoms with van der Waals surface area (Å²) >= 11 is 0. The Morgan fingerprint density at radius 3 is 2.44 bits per heavy atom. The number of carbonyl (C=O) groups excluding carboxylic acids is 2. The number of benzene rings is 2. The molecule has 0 aliphatic heterocycles. The van der Waals surface area contributed by atoms with Gasteiger partial charge >= 0.3 is 0 Å². The molecule has 0 radical (unpaired) electrons. The van der Waals surface area contributed by atoms with Gasteiger partial charge in [0.1, 0.15) is 0 Å². The van der Waals surface area contributed by atoms with Crippen LogP contribution in [0.3, 0.4) is 0 Å². The molecule has 0 fully saturated rings. The number of nitrogens with one attached hydrogen (secondary N) is 3. The van der Waals surface area contributed by atoms with E-state index in [4.69, 9.17) is 4.74 Å². The smallest absolute Gasteiger partial charge is 0.251 e. The van der Waals surface area contributed by atoms with Crippen molar-refractivity contribution in [3.63, 3.8) is 0 Å². The van der Waals surface area contributed by atoms with Crippen LogP contribution in [0.15, 0.2) is 42.5 Å². The van der Waals surface area contributed by atoms with Gasteiger partial charge in [-0.2, -0.15) is 0 Å². The summed E-state index contributed by atoms with van der Waals surface area (Å²) in [5, 5.41) is 8.76. The number of anilines is 2. The molecule has 0 atom stereocenters. The van der Waals surface area contributed by atoms with Crippen LogP contribution in [0.1, 0.15) is 27.9 Å². The second-order valence-corrected chi connectivity index (χ2v) is 6.46. The lowest BCUT2D eigenvalue weighted by molar-refractivity contribution is -0.114. The molecule has 3 N–H and O–H groups in total. The van der Waals surface area contributed by atoms with Crippen molar-refractivity contribution < 1.29 is 14.3 Å². The molecule has 2 aromatic rings. The van der Waals surface area contributed by atoms with E-state index in [2.05, 4.69) is 22.0 Å². The zero-order valence-electron chi connectivity index (χ0n) is 16.1. The van der Waals surface area contributed by atoms with E-state index in [9.17, 15) is 9.59 Å². The van der Waals surface area contributed by atoms with Gasteiger partial charge in [-0.1, -0.05) is 12.1 Å². The maximum absolute atomic E-state index is 12.2. The van der Waals surface area contributed by atoms with Crippen molar-refractivity contribution in [1.29, 1.82) is 0 Å². The van der Waals surface area contributed by atoms with Crippen LogP contribution < -0.4 is 16.0 Å². The third-order valence-electron chi connectivity index (χ3n) is 3.89. The predicted octanol–water partition coefficient (Wildman–Crippen LogP) is 3.12. The molecular formula is C21H27N3O3. The van der Waals surface area contributed by atoms with Crippen molar-refractivity contribution in [2.75, 3.05) is 37.4 Å². The highest BCUT2D eigenvalue weighted by Gasteiger charge is 2.08. The molecule has 6 heteroatoms. The summed E-state index contributed by atoms with van der Waals surface area (Å²) in [5.74, 6) is -0.345. The lowest BCUT2D eigenvalue weighted by Gasteiger charge is -2.10. The summed E-state index contributed by atoms with van der Waals surface area (Å²) in [7, 11) is 1.63. The fourth-order valence-corrected chi connectivity index (χ4v) is 2.72. The van der Waals surface area contributed by atoms with Gasteiger partial charge in [0.2, 0.25) is 5.91 Å². The van der Waals surface area contributed by atoms with E-state index in [-0.39, 0.29) is 18.4 Å². The van der Waals surface area contributed by atoms with Gasteiger partial charge in [-0.3, -0.25) is 9.59 Å². The second kappa shape index (κ2) is 10.3. The zero-order valence-corrected chi connectivity index (χ0v) is 16.1. The SMILES string of the molecule is COCCCNC(=O)c1cccc(NC(=O)CNc2cc(C)cc(C)c2)c1. The minimum absolute atomic E-state index is 0.149. The van der Waals surface area contributed by atoms with Gasteiger partial charge in [-0.15, -0.1) is 0 Å². The normalized spacial score (nSPS) is 10.3. The third-order valence-corrected chi connectivity index (χ3v) is 3.89. The van der Waals surface area contributed by atoms with Gasteiger partial charge in [0.15, 0.2) is 0 Å². The van der Waals surface area contributed by atoms with Crippen LogP contribution in [0.4, 0.5) is 11.4 Å². The molecule has 27 heavy (non-hydrogen) atoms. The first-order valence-electron chi connectivity index (χ1n) is 8.97. The van der Waals surface area contributed by atoms with E-state index in [0.29, 0.717) is 24.4 Å². The lowest BCUT2D eigenvalue weighted by atomic mass is 10.1. The largest absolute Gasteiger partial charge is 0.385 e. The average molecular weight is 369 g/mol. The van der Waals surface area contributed by atoms with Crippen molar-refractivity contribution in [2.45, 2.75) is 20.3 Å². The quantitative estimate of drug-likeness (QED) is 0.594. The van der Waals surface area contributed by atoms with E-state index < -0.39 is 0 Å². The van der Waals surface area contributed by atoms with Crippen molar-refractivity contribution in [3.05, 3.63) is 59.2 Å². The minimum atomic E-state index is -0.174. The average Bonchev–Trinajstić information content (AvgIpc) is 2.63. The third kappa shape index (κ3) is 7.11. The van der Waals surface area contributed by atoms with Gasteiger partial charge in [0.25, 0.3) is 5.91 Å². The fourth-order valence-electron chi connectivity index (χ4n) is 2.72. The number of carbonyl (C=O) groups is 2. The van der Waals surface area contributed by atoms with Crippen LogP contribution in [-0.2, 0) is 9.53 Å². The molecule has 144 valence electrons. The highest BCUT2D eigenvalue weighted by atomic mass is 16.5. The first-order valence-corrected chi connectivity index (χ1v) is 8.97. The standard InChI is InChI=1S/C21H27N3O3/c1-15-10-16(2)12-19(11-15)23-14-20(25)24-18-7-4-6-17(13-18)21(26)22-8-5-9-27-3/h4,6-7,10-13,23H,5,8-9,14H2,1-3H3,(H,22,26)(H,24,25). The Labute approximate surface area is 160 Å². The molecule has 0 bridgehead atoms. The van der Waals surface area contributed by atoms with E-state index >= 15 is 0 Å². The van der Waals surface area contributed by atoms with Gasteiger partial charge in [-0.05, 0) is 61.7 Å². The van der Waals surface area contributed by atoms with Crippen LogP contribution in [0, 0.1) is 13.8 Å². The van der Waals surface area contributed by atoms with Crippen LogP contribution in [-0.4, -0.2) is 38.6 Å². The Balaban J connectivity index is 1.87. The Morgan fingerprint density at radius 1 is 1.00 bits per heavy atom. The Morgan fingerprint density at radius 2 is 1.74 bits per heavy atom. The predicted molar refractivity (Wildman–Crippen MR) is 108 cm³/mol. The Kier molecular flexibility index (Phi) is 7.82.